The molecule has 1 heterocycles. The molecular weight excluding hydrogens is 325 g/mol. The molecule has 1 aromatic heterocycles. The minimum Gasteiger partial charge on any atom is -0.387 e. The van der Waals surface area contributed by atoms with Crippen molar-refractivity contribution in [3.63, 3.8) is 0 Å². The molecule has 2 aromatic rings. The highest BCUT2D eigenvalue weighted by Crippen LogP contribution is 2.24. The lowest BCUT2D eigenvalue weighted by Gasteiger charge is -2.20. The molecule has 0 bridgehead atoms. The second-order valence-corrected chi connectivity index (χ2v) is 8.09. The summed E-state index contributed by atoms with van der Waals surface area (Å²) in [5.74, 6) is -0.408. The number of rotatable bonds is 6. The third kappa shape index (κ3) is 3.92. The summed E-state index contributed by atoms with van der Waals surface area (Å²) >= 11 is 1.21. The maximum atomic E-state index is 12.9. The zero-order chi connectivity index (χ0) is 16.3. The molecule has 0 fully saturated rings. The summed E-state index contributed by atoms with van der Waals surface area (Å²) in [5, 5.41) is 10.2. The Labute approximate surface area is 133 Å². The van der Waals surface area contributed by atoms with E-state index in [9.17, 15) is 17.9 Å². The van der Waals surface area contributed by atoms with Crippen molar-refractivity contribution in [2.24, 2.45) is 0 Å². The van der Waals surface area contributed by atoms with Gasteiger partial charge in [-0.25, -0.2) is 17.5 Å². The van der Waals surface area contributed by atoms with Gasteiger partial charge < -0.3 is 5.11 Å². The van der Waals surface area contributed by atoms with Gasteiger partial charge in [-0.15, -0.1) is 11.3 Å². The Hall–Kier alpha value is -1.28. The van der Waals surface area contributed by atoms with Crippen LogP contribution in [0.4, 0.5) is 4.39 Å². The van der Waals surface area contributed by atoms with E-state index in [1.807, 2.05) is 6.92 Å². The predicted octanol–water partition coefficient (Wildman–Crippen LogP) is 2.85. The summed E-state index contributed by atoms with van der Waals surface area (Å²) in [5.41, 5.74) is 0.456. The Morgan fingerprint density at radius 1 is 1.23 bits per heavy atom. The topological polar surface area (TPSA) is 66.4 Å². The fourth-order valence-corrected chi connectivity index (χ4v) is 4.57. The molecule has 0 saturated heterocycles. The highest BCUT2D eigenvalue weighted by atomic mass is 32.2. The third-order valence-electron chi connectivity index (χ3n) is 3.28. The zero-order valence-corrected chi connectivity index (χ0v) is 13.9. The maximum absolute atomic E-state index is 12.9. The normalized spacial score (nSPS) is 14.7. The summed E-state index contributed by atoms with van der Waals surface area (Å²) in [7, 11) is -3.68. The van der Waals surface area contributed by atoms with Crippen molar-refractivity contribution >= 4 is 21.4 Å². The minimum atomic E-state index is -3.68. The monoisotopic (exact) mass is 343 g/mol. The first-order valence-corrected chi connectivity index (χ1v) is 9.18. The van der Waals surface area contributed by atoms with Gasteiger partial charge in [0, 0.05) is 10.9 Å². The molecule has 1 aromatic carbocycles. The van der Waals surface area contributed by atoms with Gasteiger partial charge in [0.15, 0.2) is 0 Å². The number of aliphatic hydroxyl groups excluding tert-OH is 1. The van der Waals surface area contributed by atoms with Crippen molar-refractivity contribution in [3.05, 3.63) is 52.7 Å². The molecule has 0 saturated carbocycles. The van der Waals surface area contributed by atoms with Crippen LogP contribution in [0.3, 0.4) is 0 Å². The molecule has 2 unspecified atom stereocenters. The Morgan fingerprint density at radius 3 is 2.41 bits per heavy atom. The molecular formula is C15H18FNO3S2. The van der Waals surface area contributed by atoms with E-state index in [0.29, 0.717) is 5.56 Å². The minimum absolute atomic E-state index is 0.225. The number of hydrogen-bond acceptors (Lipinski definition) is 4. The van der Waals surface area contributed by atoms with Gasteiger partial charge in [0.2, 0.25) is 10.0 Å². The SMILES string of the molecule is CCc1ccc(S(=O)(=O)NC(C)C(O)c2ccc(F)cc2)s1. The largest absolute Gasteiger partial charge is 0.387 e. The average Bonchev–Trinajstić information content (AvgIpc) is 2.96. The van der Waals surface area contributed by atoms with E-state index in [-0.39, 0.29) is 4.21 Å². The molecule has 4 nitrogen and oxygen atoms in total. The molecule has 2 N–H and O–H groups in total. The van der Waals surface area contributed by atoms with Crippen molar-refractivity contribution in [2.75, 3.05) is 0 Å². The summed E-state index contributed by atoms with van der Waals surface area (Å²) in [6.45, 7) is 3.52. The fourth-order valence-electron chi connectivity index (χ4n) is 2.01. The number of hydrogen-bond donors (Lipinski definition) is 2. The number of sulfonamides is 1. The Morgan fingerprint density at radius 2 is 1.86 bits per heavy atom. The van der Waals surface area contributed by atoms with E-state index in [1.165, 1.54) is 35.6 Å². The smallest absolute Gasteiger partial charge is 0.250 e. The van der Waals surface area contributed by atoms with Crippen LogP contribution in [0.2, 0.25) is 0 Å². The van der Waals surface area contributed by atoms with Gasteiger partial charge in [-0.3, -0.25) is 0 Å². The average molecular weight is 343 g/mol. The highest BCUT2D eigenvalue weighted by Gasteiger charge is 2.24. The molecule has 2 rings (SSSR count). The van der Waals surface area contributed by atoms with E-state index in [4.69, 9.17) is 0 Å². The van der Waals surface area contributed by atoms with Crippen molar-refractivity contribution < 1.29 is 17.9 Å². The molecule has 0 aliphatic carbocycles. The van der Waals surface area contributed by atoms with Crippen molar-refractivity contribution in [3.8, 4) is 0 Å². The van der Waals surface area contributed by atoms with Gasteiger partial charge in [-0.05, 0) is 43.2 Å². The zero-order valence-electron chi connectivity index (χ0n) is 12.3. The van der Waals surface area contributed by atoms with E-state index in [2.05, 4.69) is 4.72 Å². The molecule has 0 aliphatic heterocycles. The Balaban J connectivity index is 2.12. The molecule has 0 aliphatic rings. The first kappa shape index (κ1) is 17.1. The molecule has 22 heavy (non-hydrogen) atoms. The number of halogens is 1. The standard InChI is InChI=1S/C15H18FNO3S2/c1-3-13-8-9-14(21-13)22(19,20)17-10(2)15(18)11-4-6-12(16)7-5-11/h4-10,15,17-18H,3H2,1-2H3. The Kier molecular flexibility index (Phi) is 5.33. The van der Waals surface area contributed by atoms with Crippen LogP contribution in [-0.2, 0) is 16.4 Å². The van der Waals surface area contributed by atoms with Gasteiger partial charge in [0.05, 0.1) is 6.10 Å². The van der Waals surface area contributed by atoms with E-state index < -0.39 is 28.0 Å². The lowest BCUT2D eigenvalue weighted by Crippen LogP contribution is -2.36. The highest BCUT2D eigenvalue weighted by molar-refractivity contribution is 7.91. The van der Waals surface area contributed by atoms with Gasteiger partial charge >= 0.3 is 0 Å². The second-order valence-electron chi connectivity index (χ2n) is 4.98. The van der Waals surface area contributed by atoms with Crippen LogP contribution in [0.15, 0.2) is 40.6 Å². The molecule has 0 amide bonds. The van der Waals surface area contributed by atoms with Crippen LogP contribution < -0.4 is 4.72 Å². The summed E-state index contributed by atoms with van der Waals surface area (Å²) in [6, 6.07) is 7.93. The van der Waals surface area contributed by atoms with Crippen molar-refractivity contribution in [2.45, 2.75) is 36.6 Å². The summed E-state index contributed by atoms with van der Waals surface area (Å²) in [4.78, 5) is 0.979. The molecule has 0 spiro atoms. The van der Waals surface area contributed by atoms with Gasteiger partial charge in [-0.1, -0.05) is 19.1 Å². The van der Waals surface area contributed by atoms with E-state index in [0.717, 1.165) is 11.3 Å². The van der Waals surface area contributed by atoms with E-state index >= 15 is 0 Å². The third-order valence-corrected chi connectivity index (χ3v) is 6.56. The number of aliphatic hydroxyl groups is 1. The number of aryl methyl sites for hydroxylation is 1. The molecule has 2 atom stereocenters. The molecule has 7 heteroatoms. The first-order valence-electron chi connectivity index (χ1n) is 6.88. The lowest BCUT2D eigenvalue weighted by atomic mass is 10.0. The van der Waals surface area contributed by atoms with Gasteiger partial charge in [0.25, 0.3) is 0 Å². The van der Waals surface area contributed by atoms with E-state index in [1.54, 1.807) is 19.1 Å². The Bertz CT molecular complexity index is 726. The summed E-state index contributed by atoms with van der Waals surface area (Å²) in [6.07, 6.45) is -0.283. The predicted molar refractivity (Wildman–Crippen MR) is 84.8 cm³/mol. The van der Waals surface area contributed by atoms with Crippen LogP contribution >= 0.6 is 11.3 Å². The molecule has 0 radical (unpaired) electrons. The molecule has 120 valence electrons. The van der Waals surface area contributed by atoms with Crippen LogP contribution in [0, 0.1) is 5.82 Å². The van der Waals surface area contributed by atoms with Gasteiger partial charge in [0.1, 0.15) is 10.0 Å². The van der Waals surface area contributed by atoms with Gasteiger partial charge in [-0.2, -0.15) is 0 Å². The van der Waals surface area contributed by atoms with Crippen LogP contribution in [-0.4, -0.2) is 19.6 Å². The maximum Gasteiger partial charge on any atom is 0.250 e. The lowest BCUT2D eigenvalue weighted by molar-refractivity contribution is 0.146. The fraction of sp³-hybridized carbons (Fsp3) is 0.333. The number of benzene rings is 1. The number of thiophene rings is 1. The van der Waals surface area contributed by atoms with Crippen LogP contribution in [0.1, 0.15) is 30.4 Å². The van der Waals surface area contributed by atoms with Crippen molar-refractivity contribution in [1.82, 2.24) is 4.72 Å². The van der Waals surface area contributed by atoms with Crippen LogP contribution in [0.5, 0.6) is 0 Å². The second kappa shape index (κ2) is 6.87. The first-order chi connectivity index (χ1) is 10.3. The summed E-state index contributed by atoms with van der Waals surface area (Å²) < 4.78 is 40.2. The van der Waals surface area contributed by atoms with Crippen LogP contribution in [0.25, 0.3) is 0 Å². The number of nitrogens with one attached hydrogen (secondary N) is 1. The van der Waals surface area contributed by atoms with Crippen molar-refractivity contribution in [1.29, 1.82) is 0 Å². The quantitative estimate of drug-likeness (QED) is 0.847.